The maximum Gasteiger partial charge on any atom is 0.315 e. The quantitative estimate of drug-likeness (QED) is 0.785. The summed E-state index contributed by atoms with van der Waals surface area (Å²) >= 11 is 1.61. The van der Waals surface area contributed by atoms with Crippen molar-refractivity contribution in [2.75, 3.05) is 6.54 Å². The van der Waals surface area contributed by atoms with Crippen LogP contribution in [0.5, 0.6) is 5.75 Å². The van der Waals surface area contributed by atoms with Crippen molar-refractivity contribution in [3.8, 4) is 5.75 Å². The van der Waals surface area contributed by atoms with E-state index in [2.05, 4.69) is 10.6 Å². The zero-order valence-electron chi connectivity index (χ0n) is 10.4. The minimum atomic E-state index is -0.175. The Morgan fingerprint density at radius 2 is 2.11 bits per heavy atom. The van der Waals surface area contributed by atoms with Gasteiger partial charge < -0.3 is 15.7 Å². The lowest BCUT2D eigenvalue weighted by Crippen LogP contribution is -2.36. The van der Waals surface area contributed by atoms with Crippen molar-refractivity contribution in [3.63, 3.8) is 0 Å². The summed E-state index contributed by atoms with van der Waals surface area (Å²) in [7, 11) is 0. The summed E-state index contributed by atoms with van der Waals surface area (Å²) in [6.07, 6.45) is 0.695. The average molecular weight is 276 g/mol. The molecule has 1 aromatic heterocycles. The normalized spacial score (nSPS) is 10.1. The van der Waals surface area contributed by atoms with E-state index in [0.717, 1.165) is 11.1 Å². The fraction of sp³-hybridized carbons (Fsp3) is 0.214. The Hall–Kier alpha value is -2.01. The van der Waals surface area contributed by atoms with Gasteiger partial charge in [0.15, 0.2) is 0 Å². The number of benzene rings is 1. The fourth-order valence-electron chi connectivity index (χ4n) is 1.67. The van der Waals surface area contributed by atoms with Gasteiger partial charge in [0.2, 0.25) is 0 Å². The summed E-state index contributed by atoms with van der Waals surface area (Å²) < 4.78 is 0. The first-order chi connectivity index (χ1) is 9.24. The van der Waals surface area contributed by atoms with E-state index in [1.165, 1.54) is 0 Å². The molecule has 5 heteroatoms. The highest BCUT2D eigenvalue weighted by atomic mass is 32.1. The van der Waals surface area contributed by atoms with Crippen LogP contribution in [0.15, 0.2) is 41.1 Å². The van der Waals surface area contributed by atoms with Gasteiger partial charge >= 0.3 is 6.03 Å². The summed E-state index contributed by atoms with van der Waals surface area (Å²) in [5.41, 5.74) is 2.10. The van der Waals surface area contributed by atoms with Crippen LogP contribution in [0.1, 0.15) is 11.1 Å². The number of thiophene rings is 1. The van der Waals surface area contributed by atoms with Gasteiger partial charge in [-0.25, -0.2) is 4.79 Å². The van der Waals surface area contributed by atoms with Gasteiger partial charge in [-0.3, -0.25) is 0 Å². The molecule has 1 heterocycles. The number of nitrogens with one attached hydrogen (secondary N) is 2. The first-order valence-corrected chi connectivity index (χ1v) is 6.99. The minimum Gasteiger partial charge on any atom is -0.508 e. The van der Waals surface area contributed by atoms with Gasteiger partial charge in [-0.1, -0.05) is 12.1 Å². The largest absolute Gasteiger partial charge is 0.508 e. The molecule has 4 nitrogen and oxygen atoms in total. The Labute approximate surface area is 116 Å². The molecule has 0 atom stereocenters. The van der Waals surface area contributed by atoms with Crippen molar-refractivity contribution in [1.82, 2.24) is 10.6 Å². The molecule has 0 saturated carbocycles. The molecular weight excluding hydrogens is 260 g/mol. The van der Waals surface area contributed by atoms with Crippen LogP contribution in [-0.2, 0) is 13.0 Å². The number of carbonyl (C=O) groups is 1. The number of aromatic hydroxyl groups is 1. The molecule has 0 saturated heterocycles. The van der Waals surface area contributed by atoms with E-state index in [0.29, 0.717) is 19.5 Å². The van der Waals surface area contributed by atoms with Crippen LogP contribution in [-0.4, -0.2) is 17.7 Å². The van der Waals surface area contributed by atoms with Gasteiger partial charge in [-0.2, -0.15) is 11.3 Å². The highest BCUT2D eigenvalue weighted by molar-refractivity contribution is 7.07. The first-order valence-electron chi connectivity index (χ1n) is 6.05. The Kier molecular flexibility index (Phi) is 4.80. The molecule has 0 radical (unpaired) electrons. The van der Waals surface area contributed by atoms with E-state index in [4.69, 9.17) is 0 Å². The molecule has 0 aliphatic rings. The maximum absolute atomic E-state index is 11.5. The van der Waals surface area contributed by atoms with Crippen molar-refractivity contribution in [3.05, 3.63) is 52.2 Å². The molecule has 2 rings (SSSR count). The van der Waals surface area contributed by atoms with Crippen LogP contribution in [0.25, 0.3) is 0 Å². The predicted molar refractivity (Wildman–Crippen MR) is 76.4 cm³/mol. The van der Waals surface area contributed by atoms with E-state index >= 15 is 0 Å². The summed E-state index contributed by atoms with van der Waals surface area (Å²) in [5.74, 6) is 0.249. The summed E-state index contributed by atoms with van der Waals surface area (Å²) in [5, 5.41) is 18.9. The molecule has 100 valence electrons. The molecule has 0 unspecified atom stereocenters. The van der Waals surface area contributed by atoms with E-state index < -0.39 is 0 Å². The fourth-order valence-corrected chi connectivity index (χ4v) is 2.34. The van der Waals surface area contributed by atoms with E-state index in [-0.39, 0.29) is 11.8 Å². The van der Waals surface area contributed by atoms with E-state index in [1.54, 1.807) is 29.5 Å². The number of carbonyl (C=O) groups excluding carboxylic acids is 1. The van der Waals surface area contributed by atoms with Gasteiger partial charge in [0.25, 0.3) is 0 Å². The van der Waals surface area contributed by atoms with Crippen molar-refractivity contribution in [2.24, 2.45) is 0 Å². The zero-order valence-corrected chi connectivity index (χ0v) is 11.2. The minimum absolute atomic E-state index is 0.175. The van der Waals surface area contributed by atoms with Crippen LogP contribution in [0.4, 0.5) is 4.79 Å². The number of hydrogen-bond donors (Lipinski definition) is 3. The number of amides is 2. The Morgan fingerprint density at radius 1 is 1.21 bits per heavy atom. The SMILES string of the molecule is O=C(NCCc1cccc(O)c1)NCc1ccsc1. The predicted octanol–water partition coefficient (Wildman–Crippen LogP) is 2.50. The second-order valence-electron chi connectivity index (χ2n) is 4.16. The zero-order chi connectivity index (χ0) is 13.5. The maximum atomic E-state index is 11.5. The van der Waals surface area contributed by atoms with Gasteiger partial charge in [0.1, 0.15) is 5.75 Å². The standard InChI is InChI=1S/C14H16N2O2S/c17-13-3-1-2-11(8-13)4-6-15-14(18)16-9-12-5-7-19-10-12/h1-3,5,7-8,10,17H,4,6,9H2,(H2,15,16,18). The Balaban J connectivity index is 1.66. The highest BCUT2D eigenvalue weighted by Crippen LogP contribution is 2.10. The summed E-state index contributed by atoms with van der Waals surface area (Å²) in [6.45, 7) is 1.08. The molecule has 0 aliphatic carbocycles. The van der Waals surface area contributed by atoms with Crippen molar-refractivity contribution in [2.45, 2.75) is 13.0 Å². The van der Waals surface area contributed by atoms with Crippen LogP contribution in [0.2, 0.25) is 0 Å². The number of phenolic OH excluding ortho intramolecular Hbond substituents is 1. The molecular formula is C14H16N2O2S. The van der Waals surface area contributed by atoms with Crippen LogP contribution in [0, 0.1) is 0 Å². The van der Waals surface area contributed by atoms with Gasteiger partial charge in [0.05, 0.1) is 0 Å². The van der Waals surface area contributed by atoms with Crippen molar-refractivity contribution in [1.29, 1.82) is 0 Å². The third-order valence-electron chi connectivity index (χ3n) is 2.64. The van der Waals surface area contributed by atoms with Gasteiger partial charge in [-0.05, 0) is 46.5 Å². The number of rotatable bonds is 5. The topological polar surface area (TPSA) is 61.4 Å². The molecule has 3 N–H and O–H groups in total. The lowest BCUT2D eigenvalue weighted by Gasteiger charge is -2.07. The smallest absolute Gasteiger partial charge is 0.315 e. The Bertz CT molecular complexity index is 526. The average Bonchev–Trinajstić information content (AvgIpc) is 2.89. The molecule has 0 aliphatic heterocycles. The summed E-state index contributed by atoms with van der Waals surface area (Å²) in [4.78, 5) is 11.5. The van der Waals surface area contributed by atoms with Crippen molar-refractivity contribution < 1.29 is 9.90 Å². The van der Waals surface area contributed by atoms with Crippen LogP contribution < -0.4 is 10.6 Å². The highest BCUT2D eigenvalue weighted by Gasteiger charge is 2.01. The van der Waals surface area contributed by atoms with Crippen LogP contribution >= 0.6 is 11.3 Å². The lowest BCUT2D eigenvalue weighted by molar-refractivity contribution is 0.240. The molecule has 0 fully saturated rings. The van der Waals surface area contributed by atoms with E-state index in [9.17, 15) is 9.90 Å². The second-order valence-corrected chi connectivity index (χ2v) is 4.94. The monoisotopic (exact) mass is 276 g/mol. The second kappa shape index (κ2) is 6.80. The van der Waals surface area contributed by atoms with Gasteiger partial charge in [-0.15, -0.1) is 0 Å². The Morgan fingerprint density at radius 3 is 2.84 bits per heavy atom. The van der Waals surface area contributed by atoms with Crippen molar-refractivity contribution >= 4 is 17.4 Å². The van der Waals surface area contributed by atoms with Crippen LogP contribution in [0.3, 0.4) is 0 Å². The third kappa shape index (κ3) is 4.63. The molecule has 0 bridgehead atoms. The van der Waals surface area contributed by atoms with Gasteiger partial charge in [0, 0.05) is 13.1 Å². The molecule has 19 heavy (non-hydrogen) atoms. The number of phenols is 1. The summed E-state index contributed by atoms with van der Waals surface area (Å²) in [6, 6.07) is 8.85. The molecule has 0 spiro atoms. The van der Waals surface area contributed by atoms with E-state index in [1.807, 2.05) is 22.9 Å². The molecule has 1 aromatic carbocycles. The molecule has 2 amide bonds. The molecule has 2 aromatic rings. The third-order valence-corrected chi connectivity index (χ3v) is 3.38. The first kappa shape index (κ1) is 13.4. The number of hydrogen-bond acceptors (Lipinski definition) is 3. The number of urea groups is 1. The lowest BCUT2D eigenvalue weighted by atomic mass is 10.1.